The predicted octanol–water partition coefficient (Wildman–Crippen LogP) is 1.75. The van der Waals surface area contributed by atoms with E-state index in [-0.39, 0.29) is 24.5 Å². The smallest absolute Gasteiger partial charge is 0.410 e. The number of aromatic nitrogens is 2. The summed E-state index contributed by atoms with van der Waals surface area (Å²) in [6.07, 6.45) is 4.25. The van der Waals surface area contributed by atoms with E-state index in [1.54, 1.807) is 9.58 Å². The number of nitrogens with zero attached hydrogens (tertiary/aromatic N) is 3. The van der Waals surface area contributed by atoms with Crippen LogP contribution in [-0.4, -0.2) is 51.2 Å². The zero-order valence-corrected chi connectivity index (χ0v) is 13.2. The van der Waals surface area contributed by atoms with Crippen molar-refractivity contribution in [1.29, 1.82) is 0 Å². The molecule has 1 amide bonds. The Morgan fingerprint density at radius 3 is 2.76 bits per heavy atom. The number of hydrogen-bond acceptors (Lipinski definition) is 4. The summed E-state index contributed by atoms with van der Waals surface area (Å²) in [5.74, 6) is 0.262. The second kappa shape index (κ2) is 6.05. The summed E-state index contributed by atoms with van der Waals surface area (Å²) in [7, 11) is 1.87. The fraction of sp³-hybridized carbons (Fsp3) is 0.733. The molecular formula is C15H25N3O3. The average molecular weight is 295 g/mol. The van der Waals surface area contributed by atoms with Gasteiger partial charge in [0, 0.05) is 38.9 Å². The van der Waals surface area contributed by atoms with Crippen LogP contribution in [0.1, 0.15) is 38.7 Å². The van der Waals surface area contributed by atoms with Gasteiger partial charge in [0.05, 0.1) is 6.20 Å². The normalized spacial score (nSPS) is 23.2. The third-order valence-electron chi connectivity index (χ3n) is 3.80. The lowest BCUT2D eigenvalue weighted by Crippen LogP contribution is -2.45. The molecule has 0 aromatic carbocycles. The number of piperidine rings is 1. The quantitative estimate of drug-likeness (QED) is 0.902. The van der Waals surface area contributed by atoms with E-state index in [4.69, 9.17) is 4.74 Å². The molecule has 1 aromatic rings. The highest BCUT2D eigenvalue weighted by Gasteiger charge is 2.34. The first-order valence-corrected chi connectivity index (χ1v) is 7.37. The molecule has 2 atom stereocenters. The van der Waals surface area contributed by atoms with Gasteiger partial charge in [-0.3, -0.25) is 4.68 Å². The topological polar surface area (TPSA) is 67.6 Å². The number of amides is 1. The van der Waals surface area contributed by atoms with Crippen molar-refractivity contribution in [2.45, 2.75) is 38.7 Å². The molecule has 0 unspecified atom stereocenters. The molecule has 21 heavy (non-hydrogen) atoms. The molecule has 1 aliphatic rings. The third-order valence-corrected chi connectivity index (χ3v) is 3.80. The van der Waals surface area contributed by atoms with Crippen molar-refractivity contribution in [2.75, 3.05) is 19.7 Å². The molecule has 1 N–H and O–H groups in total. The van der Waals surface area contributed by atoms with Gasteiger partial charge in [-0.25, -0.2) is 4.79 Å². The summed E-state index contributed by atoms with van der Waals surface area (Å²) < 4.78 is 7.19. The molecule has 6 nitrogen and oxygen atoms in total. The van der Waals surface area contributed by atoms with Gasteiger partial charge in [0.15, 0.2) is 0 Å². The Bertz CT molecular complexity index is 493. The van der Waals surface area contributed by atoms with Gasteiger partial charge in [0.2, 0.25) is 0 Å². The van der Waals surface area contributed by atoms with Gasteiger partial charge >= 0.3 is 6.09 Å². The summed E-state index contributed by atoms with van der Waals surface area (Å²) in [5.41, 5.74) is 0.569. The van der Waals surface area contributed by atoms with Gasteiger partial charge in [-0.2, -0.15) is 5.10 Å². The molecule has 0 spiro atoms. The van der Waals surface area contributed by atoms with Crippen LogP contribution in [0.2, 0.25) is 0 Å². The molecule has 1 saturated heterocycles. The molecule has 1 aliphatic heterocycles. The van der Waals surface area contributed by atoms with E-state index in [0.29, 0.717) is 13.1 Å². The Balaban J connectivity index is 2.10. The van der Waals surface area contributed by atoms with E-state index in [9.17, 15) is 9.90 Å². The number of rotatable bonds is 2. The molecule has 1 aromatic heterocycles. The molecular weight excluding hydrogens is 270 g/mol. The van der Waals surface area contributed by atoms with Crippen molar-refractivity contribution < 1.29 is 14.6 Å². The zero-order valence-electron chi connectivity index (χ0n) is 13.2. The predicted molar refractivity (Wildman–Crippen MR) is 78.9 cm³/mol. The number of ether oxygens (including phenoxy) is 1. The van der Waals surface area contributed by atoms with Crippen LogP contribution in [-0.2, 0) is 11.8 Å². The first-order valence-electron chi connectivity index (χ1n) is 7.37. The second-order valence-corrected chi connectivity index (χ2v) is 6.71. The summed E-state index contributed by atoms with van der Waals surface area (Å²) in [6.45, 7) is 6.91. The molecule has 0 saturated carbocycles. The standard InChI is InChI=1S/C15H25N3O3/c1-15(2,3)21-14(20)18-6-5-11(10-19)13(9-18)12-7-16-17(4)8-12/h7-8,11,13,19H,5-6,9-10H2,1-4H3/t11-,13-/m0/s1. The summed E-state index contributed by atoms with van der Waals surface area (Å²) in [6, 6.07) is 0. The van der Waals surface area contributed by atoms with Crippen LogP contribution in [0.5, 0.6) is 0 Å². The minimum Gasteiger partial charge on any atom is -0.444 e. The first kappa shape index (κ1) is 15.8. The number of likely N-dealkylation sites (tertiary alicyclic amines) is 1. The van der Waals surface area contributed by atoms with Gasteiger partial charge in [0.25, 0.3) is 0 Å². The summed E-state index contributed by atoms with van der Waals surface area (Å²) in [4.78, 5) is 13.9. The van der Waals surface area contributed by atoms with Gasteiger partial charge in [0.1, 0.15) is 5.60 Å². The highest BCUT2D eigenvalue weighted by atomic mass is 16.6. The van der Waals surface area contributed by atoms with Crippen LogP contribution < -0.4 is 0 Å². The second-order valence-electron chi connectivity index (χ2n) is 6.71. The highest BCUT2D eigenvalue weighted by Crippen LogP contribution is 2.32. The van der Waals surface area contributed by atoms with Crippen molar-refractivity contribution >= 4 is 6.09 Å². The van der Waals surface area contributed by atoms with Gasteiger partial charge in [-0.15, -0.1) is 0 Å². The van der Waals surface area contributed by atoms with Gasteiger partial charge in [-0.05, 0) is 38.7 Å². The maximum atomic E-state index is 12.2. The number of aryl methyl sites for hydroxylation is 1. The van der Waals surface area contributed by atoms with Crippen LogP contribution in [0, 0.1) is 5.92 Å². The van der Waals surface area contributed by atoms with Crippen LogP contribution in [0.25, 0.3) is 0 Å². The lowest BCUT2D eigenvalue weighted by atomic mass is 9.82. The summed E-state index contributed by atoms with van der Waals surface area (Å²) >= 11 is 0. The largest absolute Gasteiger partial charge is 0.444 e. The van der Waals surface area contributed by atoms with Gasteiger partial charge < -0.3 is 14.7 Å². The van der Waals surface area contributed by atoms with Gasteiger partial charge in [-0.1, -0.05) is 0 Å². The van der Waals surface area contributed by atoms with Crippen molar-refractivity contribution in [1.82, 2.24) is 14.7 Å². The number of aliphatic hydroxyl groups excluding tert-OH is 1. The molecule has 2 rings (SSSR count). The molecule has 6 heteroatoms. The SMILES string of the molecule is Cn1cc([C@H]2CN(C(=O)OC(C)(C)C)CC[C@H]2CO)cn1. The fourth-order valence-electron chi connectivity index (χ4n) is 2.72. The fourth-order valence-corrected chi connectivity index (χ4v) is 2.72. The van der Waals surface area contributed by atoms with Crippen LogP contribution in [0.15, 0.2) is 12.4 Å². The Kier molecular flexibility index (Phi) is 4.56. The van der Waals surface area contributed by atoms with Crippen molar-refractivity contribution in [3.05, 3.63) is 18.0 Å². The lowest BCUT2D eigenvalue weighted by molar-refractivity contribution is 0.0122. The van der Waals surface area contributed by atoms with E-state index in [0.717, 1.165) is 12.0 Å². The Hall–Kier alpha value is -1.56. The van der Waals surface area contributed by atoms with Crippen molar-refractivity contribution in [3.63, 3.8) is 0 Å². The highest BCUT2D eigenvalue weighted by molar-refractivity contribution is 5.68. The van der Waals surface area contributed by atoms with Crippen molar-refractivity contribution in [3.8, 4) is 0 Å². The van der Waals surface area contributed by atoms with E-state index in [1.165, 1.54) is 0 Å². The maximum Gasteiger partial charge on any atom is 0.410 e. The summed E-state index contributed by atoms with van der Waals surface area (Å²) in [5, 5.41) is 13.8. The van der Waals surface area contributed by atoms with E-state index < -0.39 is 5.60 Å². The Labute approximate surface area is 125 Å². The van der Waals surface area contributed by atoms with Crippen molar-refractivity contribution in [2.24, 2.45) is 13.0 Å². The van der Waals surface area contributed by atoms with Crippen LogP contribution in [0.3, 0.4) is 0 Å². The van der Waals surface area contributed by atoms with E-state index >= 15 is 0 Å². The number of carbonyl (C=O) groups is 1. The minimum absolute atomic E-state index is 0.102. The zero-order chi connectivity index (χ0) is 15.6. The molecule has 2 heterocycles. The van der Waals surface area contributed by atoms with Crippen LogP contribution >= 0.6 is 0 Å². The minimum atomic E-state index is -0.491. The number of aliphatic hydroxyl groups is 1. The lowest BCUT2D eigenvalue weighted by Gasteiger charge is -2.38. The molecule has 0 aliphatic carbocycles. The van der Waals surface area contributed by atoms with Crippen LogP contribution in [0.4, 0.5) is 4.79 Å². The number of hydrogen-bond donors (Lipinski definition) is 1. The average Bonchev–Trinajstić information content (AvgIpc) is 2.82. The maximum absolute atomic E-state index is 12.2. The Morgan fingerprint density at radius 2 is 2.24 bits per heavy atom. The molecule has 1 fully saturated rings. The number of carbonyl (C=O) groups excluding carboxylic acids is 1. The molecule has 118 valence electrons. The molecule has 0 radical (unpaired) electrons. The Morgan fingerprint density at radius 1 is 1.52 bits per heavy atom. The van der Waals surface area contributed by atoms with E-state index in [2.05, 4.69) is 5.10 Å². The molecule has 0 bridgehead atoms. The first-order chi connectivity index (χ1) is 9.80. The monoisotopic (exact) mass is 295 g/mol. The third kappa shape index (κ3) is 3.97. The van der Waals surface area contributed by atoms with E-state index in [1.807, 2.05) is 40.2 Å².